The molecule has 4 amide bonds. The molecule has 4 aromatic carbocycles. The van der Waals surface area contributed by atoms with Crippen LogP contribution < -0.4 is 15.4 Å². The molecule has 4 atom stereocenters. The molecular weight excluding hydrogens is 777 g/mol. The number of rotatable bonds is 10. The lowest BCUT2D eigenvalue weighted by Crippen LogP contribution is -2.47. The molecule has 15 nitrogen and oxygen atoms in total. The Labute approximate surface area is 351 Å². The molecule has 0 saturated carbocycles. The number of methoxy groups -OCH3 is 1. The summed E-state index contributed by atoms with van der Waals surface area (Å²) in [4.78, 5) is 70.6. The number of hydrogen-bond donors (Lipinski definition) is 5. The van der Waals surface area contributed by atoms with Crippen molar-refractivity contribution >= 4 is 34.8 Å². The predicted molar refractivity (Wildman–Crippen MR) is 226 cm³/mol. The Hall–Kier alpha value is -7.16. The van der Waals surface area contributed by atoms with E-state index in [-0.39, 0.29) is 23.9 Å². The number of hydrogen-bond acceptors (Lipinski definition) is 8. The molecule has 0 unspecified atom stereocenters. The van der Waals surface area contributed by atoms with Crippen molar-refractivity contribution in [1.82, 2.24) is 40.4 Å². The summed E-state index contributed by atoms with van der Waals surface area (Å²) in [6.07, 6.45) is 5.16. The van der Waals surface area contributed by atoms with Gasteiger partial charge in [0.25, 0.3) is 5.91 Å². The standard InChI is InChI=1S/C46H46N8O7/c1-3-34(51-45(57)58)43(55)53-19-7-11-37(53)41-47-23-35(49-41)28-15-17-32-27(21-28)13-18-33-31-16-14-29(22-30(31)25-61-40(32)33)36-24-48-42(50-36)38-12-8-20-54(38)44(56)39(52-46(59)60-2)26-9-5-4-6-10-26/h4-6,9-10,13-18,21-24,34,37-39,51H,3,7-8,11-12,19-20,25H2,1-2H3,(H,47,49)(H,48,50)(H,52,59)(H,57,58)/t34-,37-,38-,39-/m0/s1. The number of benzene rings is 4. The number of imidazole rings is 2. The maximum atomic E-state index is 14.0. The number of carbonyl (C=O) groups is 4. The molecule has 5 heterocycles. The van der Waals surface area contributed by atoms with Gasteiger partial charge in [-0.05, 0) is 77.9 Å². The van der Waals surface area contributed by atoms with Crippen LogP contribution in [0.5, 0.6) is 5.75 Å². The minimum absolute atomic E-state index is 0.221. The molecule has 0 spiro atoms. The highest BCUT2D eigenvalue weighted by atomic mass is 16.5. The third-order valence-electron chi connectivity index (χ3n) is 12.1. The fourth-order valence-electron chi connectivity index (χ4n) is 9.03. The van der Waals surface area contributed by atoms with Crippen molar-refractivity contribution < 1.29 is 33.8 Å². The van der Waals surface area contributed by atoms with Crippen molar-refractivity contribution in [3.8, 4) is 39.4 Å². The number of aromatic nitrogens is 4. The minimum Gasteiger partial charge on any atom is -0.488 e. The highest BCUT2D eigenvalue weighted by molar-refractivity contribution is 5.98. The molecule has 2 fully saturated rings. The van der Waals surface area contributed by atoms with Gasteiger partial charge < -0.3 is 45.0 Å². The fraction of sp³-hybridized carbons (Fsp3) is 0.304. The van der Waals surface area contributed by atoms with Gasteiger partial charge in [0, 0.05) is 29.6 Å². The maximum absolute atomic E-state index is 14.0. The Kier molecular flexibility index (Phi) is 10.6. The topological polar surface area (TPSA) is 195 Å². The van der Waals surface area contributed by atoms with Crippen LogP contribution in [0.25, 0.3) is 44.4 Å². The highest BCUT2D eigenvalue weighted by Crippen LogP contribution is 2.44. The molecule has 2 saturated heterocycles. The van der Waals surface area contributed by atoms with Gasteiger partial charge in [-0.25, -0.2) is 19.6 Å². The van der Waals surface area contributed by atoms with Gasteiger partial charge in [-0.3, -0.25) is 9.59 Å². The van der Waals surface area contributed by atoms with Crippen molar-refractivity contribution in [2.24, 2.45) is 0 Å². The minimum atomic E-state index is -1.21. The number of carboxylic acid groups (broad SMARTS) is 1. The maximum Gasteiger partial charge on any atom is 0.407 e. The summed E-state index contributed by atoms with van der Waals surface area (Å²) in [6, 6.07) is 23.6. The van der Waals surface area contributed by atoms with E-state index in [4.69, 9.17) is 14.5 Å². The van der Waals surface area contributed by atoms with Gasteiger partial charge in [0.15, 0.2) is 0 Å². The molecule has 6 aromatic rings. The third-order valence-corrected chi connectivity index (χ3v) is 12.1. The van der Waals surface area contributed by atoms with Gasteiger partial charge in [-0.1, -0.05) is 67.6 Å². The molecule has 9 rings (SSSR count). The van der Waals surface area contributed by atoms with Crippen LogP contribution in [0.15, 0.2) is 91.3 Å². The Morgan fingerprint density at radius 1 is 0.820 bits per heavy atom. The molecule has 5 N–H and O–H groups in total. The van der Waals surface area contributed by atoms with E-state index in [0.717, 1.165) is 81.4 Å². The van der Waals surface area contributed by atoms with Gasteiger partial charge in [0.05, 0.1) is 43.0 Å². The molecule has 3 aliphatic heterocycles. The first-order valence-corrected chi connectivity index (χ1v) is 20.6. The fourth-order valence-corrected chi connectivity index (χ4v) is 9.03. The summed E-state index contributed by atoms with van der Waals surface area (Å²) in [5.74, 6) is 1.73. The van der Waals surface area contributed by atoms with Gasteiger partial charge in [-0.15, -0.1) is 0 Å². The molecule has 61 heavy (non-hydrogen) atoms. The van der Waals surface area contributed by atoms with Crippen molar-refractivity contribution in [3.05, 3.63) is 114 Å². The molecule has 0 radical (unpaired) electrons. The van der Waals surface area contributed by atoms with E-state index in [9.17, 15) is 24.3 Å². The predicted octanol–water partition coefficient (Wildman–Crippen LogP) is 7.65. The van der Waals surface area contributed by atoms with Gasteiger partial charge >= 0.3 is 12.2 Å². The van der Waals surface area contributed by atoms with E-state index < -0.39 is 24.3 Å². The number of fused-ring (bicyclic) bond motifs is 5. The quantitative estimate of drug-likeness (QED) is 0.0923. The van der Waals surface area contributed by atoms with E-state index in [0.29, 0.717) is 43.3 Å². The zero-order valence-electron chi connectivity index (χ0n) is 33.8. The lowest BCUT2D eigenvalue weighted by Gasteiger charge is -2.28. The van der Waals surface area contributed by atoms with Crippen LogP contribution >= 0.6 is 0 Å². The number of nitrogens with one attached hydrogen (secondary N) is 4. The van der Waals surface area contributed by atoms with Crippen LogP contribution in [0.4, 0.5) is 9.59 Å². The number of alkyl carbamates (subject to hydrolysis) is 1. The van der Waals surface area contributed by atoms with Gasteiger partial charge in [0.1, 0.15) is 36.1 Å². The molecule has 0 bridgehead atoms. The van der Waals surface area contributed by atoms with E-state index in [1.807, 2.05) is 36.4 Å². The first-order valence-electron chi connectivity index (χ1n) is 20.6. The molecule has 0 aliphatic carbocycles. The van der Waals surface area contributed by atoms with Crippen molar-refractivity contribution in [2.45, 2.75) is 69.8 Å². The number of nitrogens with zero attached hydrogens (tertiary/aromatic N) is 4. The zero-order chi connectivity index (χ0) is 42.2. The second kappa shape index (κ2) is 16.5. The second-order valence-electron chi connectivity index (χ2n) is 15.7. The molecular formula is C46H46N8O7. The Bertz CT molecular complexity index is 2640. The zero-order valence-corrected chi connectivity index (χ0v) is 33.8. The Balaban J connectivity index is 0.918. The second-order valence-corrected chi connectivity index (χ2v) is 15.7. The lowest BCUT2D eigenvalue weighted by molar-refractivity contribution is -0.135. The first-order chi connectivity index (χ1) is 29.7. The van der Waals surface area contributed by atoms with Crippen molar-refractivity contribution in [1.29, 1.82) is 0 Å². The number of ether oxygens (including phenoxy) is 2. The summed E-state index contributed by atoms with van der Waals surface area (Å²) in [6.45, 7) is 3.27. The summed E-state index contributed by atoms with van der Waals surface area (Å²) in [5.41, 5.74) is 7.36. The smallest absolute Gasteiger partial charge is 0.407 e. The van der Waals surface area contributed by atoms with Crippen LogP contribution in [0.3, 0.4) is 0 Å². The van der Waals surface area contributed by atoms with Crippen LogP contribution in [0, 0.1) is 0 Å². The lowest BCUT2D eigenvalue weighted by atomic mass is 9.92. The van der Waals surface area contributed by atoms with E-state index in [1.165, 1.54) is 7.11 Å². The summed E-state index contributed by atoms with van der Waals surface area (Å²) >= 11 is 0. The number of H-pyrrole nitrogens is 2. The van der Waals surface area contributed by atoms with Crippen molar-refractivity contribution in [3.63, 3.8) is 0 Å². The molecule has 312 valence electrons. The van der Waals surface area contributed by atoms with Gasteiger partial charge in [-0.2, -0.15) is 0 Å². The van der Waals surface area contributed by atoms with Crippen LogP contribution in [-0.4, -0.2) is 85.1 Å². The van der Waals surface area contributed by atoms with Gasteiger partial charge in [0.2, 0.25) is 5.91 Å². The van der Waals surface area contributed by atoms with E-state index in [2.05, 4.69) is 68.1 Å². The van der Waals surface area contributed by atoms with Crippen LogP contribution in [0.2, 0.25) is 0 Å². The average molecular weight is 823 g/mol. The number of aromatic amines is 2. The molecule has 2 aromatic heterocycles. The summed E-state index contributed by atoms with van der Waals surface area (Å²) in [5, 5.41) is 16.3. The Morgan fingerprint density at radius 2 is 1.46 bits per heavy atom. The molecule has 3 aliphatic rings. The normalized spacial score (nSPS) is 17.9. The van der Waals surface area contributed by atoms with Crippen molar-refractivity contribution in [2.75, 3.05) is 20.2 Å². The number of amides is 4. The summed E-state index contributed by atoms with van der Waals surface area (Å²) < 4.78 is 11.3. The average Bonchev–Trinajstić information content (AvgIpc) is 4.14. The largest absolute Gasteiger partial charge is 0.488 e. The third kappa shape index (κ3) is 7.51. The molecule has 15 heteroatoms. The van der Waals surface area contributed by atoms with E-state index in [1.54, 1.807) is 29.1 Å². The van der Waals surface area contributed by atoms with Crippen LogP contribution in [0.1, 0.15) is 79.9 Å². The SMILES string of the molecule is CC[C@H](NC(=O)O)C(=O)N1CCC[C@H]1c1ncc(-c2ccc3c4c(ccc3c2)-c2ccc(-c3cnc([C@@H]5CCCN5C(=O)[C@@H](NC(=O)OC)c5ccccc5)[nH]3)cc2CO4)[nH]1. The van der Waals surface area contributed by atoms with E-state index >= 15 is 0 Å². The summed E-state index contributed by atoms with van der Waals surface area (Å²) in [7, 11) is 1.28. The first kappa shape index (κ1) is 39.3. The number of carbonyl (C=O) groups excluding carboxylic acids is 3. The highest BCUT2D eigenvalue weighted by Gasteiger charge is 2.38. The Morgan fingerprint density at radius 3 is 2.11 bits per heavy atom. The number of likely N-dealkylation sites (tertiary alicyclic amines) is 2. The van der Waals surface area contributed by atoms with Crippen LogP contribution in [-0.2, 0) is 20.9 Å². The monoisotopic (exact) mass is 822 g/mol.